The second kappa shape index (κ2) is 8.00. The predicted molar refractivity (Wildman–Crippen MR) is 115 cm³/mol. The molecule has 5 nitrogen and oxygen atoms in total. The Morgan fingerprint density at radius 3 is 2.57 bits per heavy atom. The number of hydrogen-bond donors (Lipinski definition) is 0. The molecule has 0 fully saturated rings. The minimum absolute atomic E-state index is 0.154. The van der Waals surface area contributed by atoms with Gasteiger partial charge in [0.05, 0.1) is 4.53 Å². The van der Waals surface area contributed by atoms with E-state index in [1.54, 1.807) is 17.8 Å². The van der Waals surface area contributed by atoms with Crippen LogP contribution in [0.1, 0.15) is 5.56 Å². The normalized spacial score (nSPS) is 11.8. The molecule has 4 aromatic rings. The molecule has 0 aliphatic heterocycles. The van der Waals surface area contributed by atoms with E-state index in [4.69, 9.17) is 4.74 Å². The van der Waals surface area contributed by atoms with Crippen LogP contribution in [0.15, 0.2) is 70.9 Å². The van der Waals surface area contributed by atoms with Crippen LogP contribution in [0.5, 0.6) is 5.75 Å². The van der Waals surface area contributed by atoms with Gasteiger partial charge in [-0.2, -0.15) is 9.50 Å². The summed E-state index contributed by atoms with van der Waals surface area (Å²) >= 11 is 3.03. The average molecular weight is 408 g/mol. The molecule has 0 amide bonds. The molecular formula is C21H17N3O2S2. The molecule has 28 heavy (non-hydrogen) atoms. The molecule has 2 heterocycles. The second-order valence-electron chi connectivity index (χ2n) is 5.94. The highest BCUT2D eigenvalue weighted by Gasteiger charge is 2.12. The van der Waals surface area contributed by atoms with E-state index in [2.05, 4.69) is 16.7 Å². The van der Waals surface area contributed by atoms with Crippen molar-refractivity contribution in [1.82, 2.24) is 14.6 Å². The van der Waals surface area contributed by atoms with Crippen molar-refractivity contribution in [1.29, 1.82) is 0 Å². The maximum atomic E-state index is 12.7. The highest BCUT2D eigenvalue weighted by atomic mass is 32.2. The summed E-state index contributed by atoms with van der Waals surface area (Å²) in [5.41, 5.74) is 1.66. The van der Waals surface area contributed by atoms with Gasteiger partial charge >= 0.3 is 0 Å². The Hall–Kier alpha value is -2.90. The van der Waals surface area contributed by atoms with Crippen molar-refractivity contribution in [2.75, 3.05) is 12.9 Å². The standard InChI is InChI=1S/C21H17N3O2S2/c1-3-12-26-16-8-6-15(7-9-16)19-22-21-24(23-19)20(25)18(28-21)13-14-4-10-17(27-2)11-5-14/h3-11,13H,1,12H2,2H3. The first-order valence-electron chi connectivity index (χ1n) is 8.57. The minimum atomic E-state index is -0.154. The van der Waals surface area contributed by atoms with Crippen LogP contribution in [0.4, 0.5) is 0 Å². The fourth-order valence-electron chi connectivity index (χ4n) is 2.66. The molecule has 0 bridgehead atoms. The predicted octanol–water partition coefficient (Wildman–Crippen LogP) is 3.65. The quantitative estimate of drug-likeness (QED) is 0.361. The van der Waals surface area contributed by atoms with Gasteiger partial charge in [-0.05, 0) is 54.3 Å². The van der Waals surface area contributed by atoms with Gasteiger partial charge in [0.25, 0.3) is 5.56 Å². The van der Waals surface area contributed by atoms with E-state index in [-0.39, 0.29) is 5.56 Å². The van der Waals surface area contributed by atoms with E-state index in [0.717, 1.165) is 16.9 Å². The van der Waals surface area contributed by atoms with Gasteiger partial charge in [-0.25, -0.2) is 0 Å². The lowest BCUT2D eigenvalue weighted by Crippen LogP contribution is -2.23. The first-order chi connectivity index (χ1) is 13.7. The molecule has 0 radical (unpaired) electrons. The summed E-state index contributed by atoms with van der Waals surface area (Å²) in [5, 5.41) is 4.39. The summed E-state index contributed by atoms with van der Waals surface area (Å²) in [6.07, 6.45) is 5.60. The smallest absolute Gasteiger partial charge is 0.291 e. The number of thioether (sulfide) groups is 1. The summed E-state index contributed by atoms with van der Waals surface area (Å²) in [7, 11) is 0. The Labute approximate surface area is 170 Å². The van der Waals surface area contributed by atoms with E-state index in [0.29, 0.717) is 21.9 Å². The summed E-state index contributed by atoms with van der Waals surface area (Å²) in [6, 6.07) is 15.5. The van der Waals surface area contributed by atoms with E-state index >= 15 is 0 Å². The topological polar surface area (TPSA) is 56.5 Å². The molecule has 0 atom stereocenters. The van der Waals surface area contributed by atoms with Gasteiger partial charge in [0.15, 0.2) is 5.82 Å². The molecule has 4 rings (SSSR count). The van der Waals surface area contributed by atoms with E-state index in [1.165, 1.54) is 20.7 Å². The van der Waals surface area contributed by atoms with Crippen LogP contribution in [0, 0.1) is 0 Å². The number of aromatic nitrogens is 3. The van der Waals surface area contributed by atoms with Crippen LogP contribution in [-0.2, 0) is 0 Å². The largest absolute Gasteiger partial charge is 0.490 e. The Balaban J connectivity index is 1.65. The van der Waals surface area contributed by atoms with E-state index < -0.39 is 0 Å². The van der Waals surface area contributed by atoms with Crippen LogP contribution >= 0.6 is 23.1 Å². The second-order valence-corrected chi connectivity index (χ2v) is 7.83. The number of nitrogens with zero attached hydrogens (tertiary/aromatic N) is 3. The molecule has 0 saturated carbocycles. The molecule has 2 aromatic carbocycles. The van der Waals surface area contributed by atoms with Gasteiger partial charge < -0.3 is 4.74 Å². The van der Waals surface area contributed by atoms with Crippen LogP contribution < -0.4 is 14.8 Å². The van der Waals surface area contributed by atoms with Crippen LogP contribution in [-0.4, -0.2) is 27.5 Å². The van der Waals surface area contributed by atoms with E-state index in [9.17, 15) is 4.79 Å². The van der Waals surface area contributed by atoms with Crippen molar-refractivity contribution in [2.45, 2.75) is 4.90 Å². The monoisotopic (exact) mass is 407 g/mol. The van der Waals surface area contributed by atoms with Gasteiger partial charge in [0.2, 0.25) is 4.96 Å². The van der Waals surface area contributed by atoms with Crippen molar-refractivity contribution < 1.29 is 4.74 Å². The Bertz CT molecular complexity index is 1230. The van der Waals surface area contributed by atoms with Gasteiger partial charge in [-0.3, -0.25) is 4.79 Å². The molecular weight excluding hydrogens is 390 g/mol. The van der Waals surface area contributed by atoms with Crippen LogP contribution in [0.25, 0.3) is 22.4 Å². The third kappa shape index (κ3) is 3.72. The van der Waals surface area contributed by atoms with Crippen molar-refractivity contribution in [3.8, 4) is 17.1 Å². The Morgan fingerprint density at radius 1 is 1.18 bits per heavy atom. The average Bonchev–Trinajstić information content (AvgIpc) is 3.27. The minimum Gasteiger partial charge on any atom is -0.490 e. The fraction of sp³-hybridized carbons (Fsp3) is 0.0952. The molecule has 2 aromatic heterocycles. The summed E-state index contributed by atoms with van der Waals surface area (Å²) in [5.74, 6) is 1.27. The fourth-order valence-corrected chi connectivity index (χ4v) is 3.98. The molecule has 0 saturated heterocycles. The highest BCUT2D eigenvalue weighted by molar-refractivity contribution is 7.98. The number of hydrogen-bond acceptors (Lipinski definition) is 6. The van der Waals surface area contributed by atoms with Crippen molar-refractivity contribution >= 4 is 34.1 Å². The zero-order valence-electron chi connectivity index (χ0n) is 15.2. The van der Waals surface area contributed by atoms with Gasteiger partial charge in [0.1, 0.15) is 12.4 Å². The lowest BCUT2D eigenvalue weighted by Gasteiger charge is -2.02. The SMILES string of the molecule is C=CCOc1ccc(-c2nc3sc(=Cc4ccc(SC)cc4)c(=O)n3n2)cc1. The molecule has 140 valence electrons. The summed E-state index contributed by atoms with van der Waals surface area (Å²) < 4.78 is 7.46. The number of thiazole rings is 1. The summed E-state index contributed by atoms with van der Waals surface area (Å²) in [4.78, 5) is 19.0. The number of ether oxygens (including phenoxy) is 1. The Morgan fingerprint density at radius 2 is 1.93 bits per heavy atom. The van der Waals surface area contributed by atoms with E-state index in [1.807, 2.05) is 60.9 Å². The van der Waals surface area contributed by atoms with Crippen molar-refractivity contribution in [3.05, 3.63) is 81.6 Å². The van der Waals surface area contributed by atoms with Crippen LogP contribution in [0.2, 0.25) is 0 Å². The lowest BCUT2D eigenvalue weighted by molar-refractivity contribution is 0.363. The molecule has 7 heteroatoms. The maximum absolute atomic E-state index is 12.7. The Kier molecular flexibility index (Phi) is 5.27. The molecule has 0 N–H and O–H groups in total. The van der Waals surface area contributed by atoms with Gasteiger partial charge in [-0.15, -0.1) is 16.9 Å². The van der Waals surface area contributed by atoms with Crippen molar-refractivity contribution in [2.24, 2.45) is 0 Å². The zero-order chi connectivity index (χ0) is 19.5. The lowest BCUT2D eigenvalue weighted by atomic mass is 10.2. The maximum Gasteiger partial charge on any atom is 0.291 e. The number of benzene rings is 2. The highest BCUT2D eigenvalue weighted by Crippen LogP contribution is 2.20. The number of fused-ring (bicyclic) bond motifs is 1. The third-order valence-corrected chi connectivity index (χ3v) is 5.78. The number of rotatable bonds is 6. The summed E-state index contributed by atoms with van der Waals surface area (Å²) in [6.45, 7) is 4.08. The zero-order valence-corrected chi connectivity index (χ0v) is 16.8. The molecule has 0 aliphatic carbocycles. The first-order valence-corrected chi connectivity index (χ1v) is 10.6. The molecule has 0 aliphatic rings. The third-order valence-electron chi connectivity index (χ3n) is 4.08. The first kappa shape index (κ1) is 18.5. The molecule has 0 spiro atoms. The molecule has 0 unspecified atom stereocenters. The van der Waals surface area contributed by atoms with Gasteiger partial charge in [-0.1, -0.05) is 36.1 Å². The van der Waals surface area contributed by atoms with Crippen LogP contribution in [0.3, 0.4) is 0 Å². The van der Waals surface area contributed by atoms with Crippen molar-refractivity contribution in [3.63, 3.8) is 0 Å². The van der Waals surface area contributed by atoms with Gasteiger partial charge in [0, 0.05) is 10.5 Å².